The van der Waals surface area contributed by atoms with E-state index in [2.05, 4.69) is 0 Å². The summed E-state index contributed by atoms with van der Waals surface area (Å²) in [5, 5.41) is 0. The van der Waals surface area contributed by atoms with Crippen molar-refractivity contribution in [2.24, 2.45) is 0 Å². The van der Waals surface area contributed by atoms with Crippen LogP contribution < -0.4 is 0 Å². The van der Waals surface area contributed by atoms with Crippen LogP contribution in [0.2, 0.25) is 0 Å². The molecular weight excluding hydrogens is 244 g/mol. The molecule has 0 aliphatic rings. The third kappa shape index (κ3) is 180. The van der Waals surface area contributed by atoms with E-state index in [1.165, 1.54) is 0 Å². The quantitative estimate of drug-likeness (QED) is 0.511. The maximum Gasteiger partial charge on any atom is 0 e. The average Bonchev–Trinajstić information content (AvgIpc) is 0. The van der Waals surface area contributed by atoms with Gasteiger partial charge >= 0.3 is 0 Å². The Hall–Kier alpha value is 1.83. The molecule has 0 N–H and O–H groups in total. The van der Waals surface area contributed by atoms with E-state index in [0.29, 0.717) is 0 Å². The first-order chi connectivity index (χ1) is 0. The minimum Gasteiger partial charge on any atom is -2.00 e. The number of hydrogen-bond donors (Lipinski definition) is 0. The van der Waals surface area contributed by atoms with Crippen LogP contribution in [0.15, 0.2) is 0 Å². The molecule has 0 aliphatic carbocycles. The molecule has 0 amide bonds. The van der Waals surface area contributed by atoms with Crippen LogP contribution in [0.5, 0.6) is 0 Å². The topological polar surface area (TPSA) is 142 Å². The SMILES string of the molecule is P.P.[O-2].[O-2].[O-2].[O-2].[O-2].[V].[V]. The van der Waals surface area contributed by atoms with Gasteiger partial charge in [-0.05, 0) is 0 Å². The summed E-state index contributed by atoms with van der Waals surface area (Å²) in [6.45, 7) is 0. The van der Waals surface area contributed by atoms with Crippen molar-refractivity contribution in [3.8, 4) is 0 Å². The summed E-state index contributed by atoms with van der Waals surface area (Å²) >= 11 is 0. The molecule has 0 aliphatic heterocycles. The maximum atomic E-state index is 0. The molecule has 2 atom stereocenters. The van der Waals surface area contributed by atoms with Crippen molar-refractivity contribution in [3.63, 3.8) is 0 Å². The van der Waals surface area contributed by atoms with E-state index in [-0.39, 0.29) is 84.3 Å². The minimum absolute atomic E-state index is 0. The van der Waals surface area contributed by atoms with Crippen molar-refractivity contribution in [1.82, 2.24) is 0 Å². The van der Waals surface area contributed by atoms with E-state index in [1.807, 2.05) is 0 Å². The van der Waals surface area contributed by atoms with Crippen LogP contribution in [0, 0.1) is 0 Å². The van der Waals surface area contributed by atoms with Gasteiger partial charge in [-0.1, -0.05) is 0 Å². The molecule has 2 unspecified atom stereocenters. The number of hydrogen-bond acceptors (Lipinski definition) is 0. The first-order valence-corrected chi connectivity index (χ1v) is 0. The van der Waals surface area contributed by atoms with Gasteiger partial charge in [0.1, 0.15) is 0 Å². The molecule has 0 fully saturated rings. The fourth-order valence-electron chi connectivity index (χ4n) is 0. The van der Waals surface area contributed by atoms with Crippen molar-refractivity contribution in [2.45, 2.75) is 0 Å². The Morgan fingerprint density at radius 2 is 0.333 bits per heavy atom. The Balaban J connectivity index is 0. The smallest absolute Gasteiger partial charge is 0 e. The second-order valence-electron chi connectivity index (χ2n) is 0. The van der Waals surface area contributed by atoms with E-state index in [9.17, 15) is 0 Å². The second kappa shape index (κ2) is 229. The van der Waals surface area contributed by atoms with E-state index < -0.39 is 0 Å². The predicted molar refractivity (Wildman–Crippen MR) is 25.6 cm³/mol. The van der Waals surface area contributed by atoms with Crippen LogP contribution in [0.4, 0.5) is 0 Å². The summed E-state index contributed by atoms with van der Waals surface area (Å²) in [6.07, 6.45) is 0. The second-order valence-corrected chi connectivity index (χ2v) is 0. The molecule has 9 heteroatoms. The molecular formula is H6O5P2V2-10. The van der Waals surface area contributed by atoms with Crippen molar-refractivity contribution >= 4 is 19.8 Å². The van der Waals surface area contributed by atoms with Gasteiger partial charge in [0.15, 0.2) is 0 Å². The number of rotatable bonds is 0. The standard InChI is InChI=1S/5O.2H3P.2V/h;;;;;2*1H3;;/q5*-2;;;;. The fraction of sp³-hybridized carbons (Fsp3) is 0. The van der Waals surface area contributed by atoms with Crippen molar-refractivity contribution in [2.75, 3.05) is 0 Å². The molecule has 66 valence electrons. The maximum absolute atomic E-state index is 0. The Labute approximate surface area is 84.3 Å². The zero-order chi connectivity index (χ0) is 0. The van der Waals surface area contributed by atoms with Crippen LogP contribution in [0.3, 0.4) is 0 Å². The summed E-state index contributed by atoms with van der Waals surface area (Å²) in [5.41, 5.74) is 0. The summed E-state index contributed by atoms with van der Waals surface area (Å²) < 4.78 is 0. The Morgan fingerprint density at radius 3 is 0.333 bits per heavy atom. The van der Waals surface area contributed by atoms with Crippen molar-refractivity contribution < 1.29 is 64.5 Å². The van der Waals surface area contributed by atoms with Crippen LogP contribution in [-0.4, -0.2) is 0 Å². The van der Waals surface area contributed by atoms with Gasteiger partial charge < -0.3 is 27.4 Å². The van der Waals surface area contributed by atoms with Gasteiger partial charge in [0.2, 0.25) is 0 Å². The van der Waals surface area contributed by atoms with Gasteiger partial charge in [-0.15, -0.1) is 0 Å². The summed E-state index contributed by atoms with van der Waals surface area (Å²) in [6, 6.07) is 0. The third-order valence-corrected chi connectivity index (χ3v) is 0. The van der Waals surface area contributed by atoms with Crippen LogP contribution in [0.1, 0.15) is 0 Å². The molecule has 0 aromatic carbocycles. The van der Waals surface area contributed by atoms with E-state index in [1.54, 1.807) is 0 Å². The summed E-state index contributed by atoms with van der Waals surface area (Å²) in [7, 11) is 0. The molecule has 0 aromatic rings. The Morgan fingerprint density at radius 1 is 0.333 bits per heavy atom. The Kier molecular flexibility index (Phi) is 7960. The first-order valence-electron chi connectivity index (χ1n) is 0. The minimum atomic E-state index is 0. The van der Waals surface area contributed by atoms with Gasteiger partial charge in [0.05, 0.1) is 0 Å². The zero-order valence-corrected chi connectivity index (χ0v) is 9.97. The van der Waals surface area contributed by atoms with Gasteiger partial charge in [-0.3, -0.25) is 0 Å². The molecule has 0 rings (SSSR count). The van der Waals surface area contributed by atoms with Crippen molar-refractivity contribution in [1.29, 1.82) is 0 Å². The molecule has 0 bridgehead atoms. The average molecular weight is 250 g/mol. The molecule has 5 nitrogen and oxygen atoms in total. The third-order valence-electron chi connectivity index (χ3n) is 0. The van der Waals surface area contributed by atoms with Gasteiger partial charge in [0.25, 0.3) is 0 Å². The van der Waals surface area contributed by atoms with Crippen LogP contribution >= 0.6 is 19.8 Å². The molecule has 2 radical (unpaired) electrons. The van der Waals surface area contributed by atoms with E-state index in [4.69, 9.17) is 0 Å². The molecule has 0 saturated carbocycles. The molecule has 0 saturated heterocycles. The van der Waals surface area contributed by atoms with Gasteiger partial charge in [0, 0.05) is 37.1 Å². The molecule has 0 spiro atoms. The van der Waals surface area contributed by atoms with Crippen LogP contribution in [-0.2, 0) is 64.5 Å². The zero-order valence-electron chi connectivity index (χ0n) is 4.35. The van der Waals surface area contributed by atoms with Crippen LogP contribution in [0.25, 0.3) is 0 Å². The summed E-state index contributed by atoms with van der Waals surface area (Å²) in [5.74, 6) is 0. The normalized spacial score (nSPS) is 0. The Bertz CT molecular complexity index is 12.9. The monoisotopic (exact) mass is 250 g/mol. The van der Waals surface area contributed by atoms with Gasteiger partial charge in [-0.25, -0.2) is 0 Å². The van der Waals surface area contributed by atoms with Gasteiger partial charge in [-0.2, -0.15) is 19.8 Å². The van der Waals surface area contributed by atoms with E-state index in [0.717, 1.165) is 0 Å². The van der Waals surface area contributed by atoms with E-state index >= 15 is 0 Å². The molecule has 9 heavy (non-hydrogen) atoms. The molecule has 0 aromatic heterocycles. The van der Waals surface area contributed by atoms with Crippen molar-refractivity contribution in [3.05, 3.63) is 0 Å². The largest absolute Gasteiger partial charge is 2.00 e. The molecule has 0 heterocycles. The first kappa shape index (κ1) is 313. The predicted octanol–water partition coefficient (Wildman–Crippen LogP) is -0.483. The summed E-state index contributed by atoms with van der Waals surface area (Å²) in [4.78, 5) is 0. The fourth-order valence-corrected chi connectivity index (χ4v) is 0.